The third-order valence-corrected chi connectivity index (χ3v) is 4.52. The lowest BCUT2D eigenvalue weighted by Crippen LogP contribution is -2.25. The van der Waals surface area contributed by atoms with E-state index in [4.69, 9.17) is 14.2 Å². The van der Waals surface area contributed by atoms with Crippen LogP contribution in [-0.4, -0.2) is 17.8 Å². The van der Waals surface area contributed by atoms with E-state index < -0.39 is 17.8 Å². The molecule has 1 N–H and O–H groups in total. The molecule has 0 spiro atoms. The Kier molecular flexibility index (Phi) is 5.84. The molecule has 0 saturated carbocycles. The van der Waals surface area contributed by atoms with E-state index in [1.165, 1.54) is 11.3 Å². The monoisotopic (exact) mass is 399 g/mol. The van der Waals surface area contributed by atoms with E-state index in [0.29, 0.717) is 10.8 Å². The molecule has 0 fully saturated rings. The molecule has 0 aliphatic rings. The number of thiophene rings is 1. The fourth-order valence-electron chi connectivity index (χ4n) is 2.38. The van der Waals surface area contributed by atoms with Gasteiger partial charge in [-0.25, -0.2) is 9.59 Å². The number of rotatable bonds is 4. The molecular weight excluding hydrogens is 378 g/mol. The van der Waals surface area contributed by atoms with E-state index in [2.05, 4.69) is 5.32 Å². The van der Waals surface area contributed by atoms with Gasteiger partial charge in [0.25, 0.3) is 0 Å². The Morgan fingerprint density at radius 1 is 1.04 bits per heavy atom. The smallest absolute Gasteiger partial charge is 0.444 e. The summed E-state index contributed by atoms with van der Waals surface area (Å²) < 4.78 is 16.5. The highest BCUT2D eigenvalue weighted by Crippen LogP contribution is 2.33. The van der Waals surface area contributed by atoms with Gasteiger partial charge in [0.05, 0.1) is 0 Å². The molecule has 28 heavy (non-hydrogen) atoms. The molecule has 3 rings (SSSR count). The Hall–Kier alpha value is -3.06. The molecule has 0 radical (unpaired) electrons. The number of carbonyl (C=O) groups excluding carboxylic acids is 2. The number of amides is 1. The average Bonchev–Trinajstić information content (AvgIpc) is 3.00. The van der Waals surface area contributed by atoms with Crippen molar-refractivity contribution in [3.8, 4) is 5.06 Å². The standard InChI is InChI=1S/C21H21NO5S/c1-21(2,3)27-20(24)26-18-12-15-11-16(9-10-17(15)28-18)22-19(23)25-13-14-7-5-4-6-8-14/h4-12H,13H2,1-3H3,(H,22,23). The Morgan fingerprint density at radius 2 is 1.79 bits per heavy atom. The highest BCUT2D eigenvalue weighted by molar-refractivity contribution is 7.20. The Labute approximate surface area is 167 Å². The SMILES string of the molecule is CC(C)(C)OC(=O)Oc1cc2cc(NC(=O)OCc3ccccc3)ccc2s1. The summed E-state index contributed by atoms with van der Waals surface area (Å²) in [5.41, 5.74) is 0.882. The van der Waals surface area contributed by atoms with E-state index in [1.54, 1.807) is 39.0 Å². The lowest BCUT2D eigenvalue weighted by molar-refractivity contribution is 0.0214. The van der Waals surface area contributed by atoms with Gasteiger partial charge in [0.15, 0.2) is 5.06 Å². The molecule has 6 nitrogen and oxygen atoms in total. The zero-order chi connectivity index (χ0) is 20.1. The van der Waals surface area contributed by atoms with Crippen LogP contribution in [0, 0.1) is 0 Å². The van der Waals surface area contributed by atoms with Gasteiger partial charge in [0, 0.05) is 16.5 Å². The molecule has 0 bridgehead atoms. The van der Waals surface area contributed by atoms with Crippen molar-refractivity contribution in [2.45, 2.75) is 33.0 Å². The van der Waals surface area contributed by atoms with Crippen molar-refractivity contribution in [3.63, 3.8) is 0 Å². The molecule has 1 aromatic heterocycles. The molecule has 0 saturated heterocycles. The predicted molar refractivity (Wildman–Crippen MR) is 109 cm³/mol. The van der Waals surface area contributed by atoms with Crippen molar-refractivity contribution in [1.29, 1.82) is 0 Å². The maximum Gasteiger partial charge on any atom is 0.515 e. The molecule has 0 atom stereocenters. The first-order valence-electron chi connectivity index (χ1n) is 8.71. The van der Waals surface area contributed by atoms with Gasteiger partial charge in [-0.1, -0.05) is 41.7 Å². The first-order valence-corrected chi connectivity index (χ1v) is 9.52. The third-order valence-electron chi connectivity index (χ3n) is 3.53. The molecule has 1 amide bonds. The van der Waals surface area contributed by atoms with Gasteiger partial charge in [-0.2, -0.15) is 0 Å². The van der Waals surface area contributed by atoms with Crippen LogP contribution >= 0.6 is 11.3 Å². The second kappa shape index (κ2) is 8.31. The fraction of sp³-hybridized carbons (Fsp3) is 0.238. The van der Waals surface area contributed by atoms with Crippen LogP contribution in [0.1, 0.15) is 26.3 Å². The van der Waals surface area contributed by atoms with Gasteiger partial charge in [0.2, 0.25) is 0 Å². The maximum absolute atomic E-state index is 12.0. The van der Waals surface area contributed by atoms with Gasteiger partial charge < -0.3 is 14.2 Å². The predicted octanol–water partition coefficient (Wildman–Crippen LogP) is 5.96. The lowest BCUT2D eigenvalue weighted by atomic mass is 10.2. The minimum absolute atomic E-state index is 0.196. The zero-order valence-corrected chi connectivity index (χ0v) is 16.7. The lowest BCUT2D eigenvalue weighted by Gasteiger charge is -2.18. The van der Waals surface area contributed by atoms with Crippen molar-refractivity contribution < 1.29 is 23.8 Å². The first-order chi connectivity index (χ1) is 13.3. The van der Waals surface area contributed by atoms with Gasteiger partial charge in [0.1, 0.15) is 12.2 Å². The number of anilines is 1. The Morgan fingerprint density at radius 3 is 2.50 bits per heavy atom. The highest BCUT2D eigenvalue weighted by Gasteiger charge is 2.19. The van der Waals surface area contributed by atoms with Gasteiger partial charge in [-0.3, -0.25) is 5.32 Å². The summed E-state index contributed by atoms with van der Waals surface area (Å²) in [4.78, 5) is 23.8. The molecule has 0 aliphatic heterocycles. The second-order valence-electron chi connectivity index (χ2n) is 7.07. The quantitative estimate of drug-likeness (QED) is 0.548. The minimum Gasteiger partial charge on any atom is -0.444 e. The van der Waals surface area contributed by atoms with E-state index in [0.717, 1.165) is 15.6 Å². The molecule has 146 valence electrons. The number of hydrogen-bond donors (Lipinski definition) is 1. The van der Waals surface area contributed by atoms with Crippen molar-refractivity contribution in [1.82, 2.24) is 0 Å². The van der Waals surface area contributed by atoms with Crippen LogP contribution in [0.5, 0.6) is 5.06 Å². The summed E-state index contributed by atoms with van der Waals surface area (Å²) in [6.45, 7) is 5.51. The van der Waals surface area contributed by atoms with E-state index in [9.17, 15) is 9.59 Å². The third kappa shape index (κ3) is 5.72. The molecule has 1 heterocycles. The zero-order valence-electron chi connectivity index (χ0n) is 15.9. The first kappa shape index (κ1) is 19.7. The van der Waals surface area contributed by atoms with Crippen molar-refractivity contribution in [2.75, 3.05) is 5.32 Å². The molecular formula is C21H21NO5S. The number of carbonyl (C=O) groups is 2. The van der Waals surface area contributed by atoms with Crippen LogP contribution in [0.25, 0.3) is 10.1 Å². The van der Waals surface area contributed by atoms with Crippen LogP contribution in [0.15, 0.2) is 54.6 Å². The van der Waals surface area contributed by atoms with Crippen LogP contribution in [0.4, 0.5) is 15.3 Å². The van der Waals surface area contributed by atoms with Crippen LogP contribution in [-0.2, 0) is 16.1 Å². The topological polar surface area (TPSA) is 73.9 Å². The summed E-state index contributed by atoms with van der Waals surface area (Å²) in [6, 6.07) is 16.6. The molecule has 3 aromatic rings. The molecule has 0 unspecified atom stereocenters. The summed E-state index contributed by atoms with van der Waals surface area (Å²) in [6.07, 6.45) is -1.29. The highest BCUT2D eigenvalue weighted by atomic mass is 32.1. The molecule has 0 aliphatic carbocycles. The number of benzene rings is 2. The number of nitrogens with one attached hydrogen (secondary N) is 1. The van der Waals surface area contributed by atoms with E-state index >= 15 is 0 Å². The van der Waals surface area contributed by atoms with Gasteiger partial charge in [-0.05, 0) is 49.9 Å². The average molecular weight is 399 g/mol. The van der Waals surface area contributed by atoms with Crippen LogP contribution in [0.2, 0.25) is 0 Å². The van der Waals surface area contributed by atoms with E-state index in [1.807, 2.05) is 36.4 Å². The number of ether oxygens (including phenoxy) is 3. The van der Waals surface area contributed by atoms with Crippen LogP contribution in [0.3, 0.4) is 0 Å². The number of fused-ring (bicyclic) bond motifs is 1. The fourth-order valence-corrected chi connectivity index (χ4v) is 3.26. The Balaban J connectivity index is 1.60. The normalized spacial score (nSPS) is 11.1. The van der Waals surface area contributed by atoms with Crippen LogP contribution < -0.4 is 10.1 Å². The van der Waals surface area contributed by atoms with Crippen molar-refractivity contribution in [2.24, 2.45) is 0 Å². The maximum atomic E-state index is 12.0. The van der Waals surface area contributed by atoms with E-state index in [-0.39, 0.29) is 6.61 Å². The van der Waals surface area contributed by atoms with Crippen molar-refractivity contribution in [3.05, 3.63) is 60.2 Å². The summed E-state index contributed by atoms with van der Waals surface area (Å²) in [7, 11) is 0. The van der Waals surface area contributed by atoms with Gasteiger partial charge in [-0.15, -0.1) is 0 Å². The second-order valence-corrected chi connectivity index (χ2v) is 8.12. The summed E-state index contributed by atoms with van der Waals surface area (Å²) >= 11 is 1.32. The van der Waals surface area contributed by atoms with Crippen molar-refractivity contribution >= 4 is 39.4 Å². The van der Waals surface area contributed by atoms with Gasteiger partial charge >= 0.3 is 12.2 Å². The largest absolute Gasteiger partial charge is 0.515 e. The molecule has 7 heteroatoms. The Bertz CT molecular complexity index is 975. The molecule has 2 aromatic carbocycles. The minimum atomic E-state index is -0.748. The summed E-state index contributed by atoms with van der Waals surface area (Å²) in [5.74, 6) is 0. The summed E-state index contributed by atoms with van der Waals surface area (Å²) in [5, 5.41) is 3.96. The number of hydrogen-bond acceptors (Lipinski definition) is 6.